The summed E-state index contributed by atoms with van der Waals surface area (Å²) in [5.74, 6) is 1.43. The Morgan fingerprint density at radius 1 is 1.30 bits per heavy atom. The lowest BCUT2D eigenvalue weighted by molar-refractivity contribution is 0.102. The number of aromatic nitrogens is 2. The summed E-state index contributed by atoms with van der Waals surface area (Å²) in [7, 11) is 1.54. The average molecular weight is 389 g/mol. The third-order valence-corrected chi connectivity index (χ3v) is 5.15. The largest absolute Gasteiger partial charge is 0.495 e. The predicted octanol–water partition coefficient (Wildman–Crippen LogP) is 4.24. The molecule has 1 unspecified atom stereocenters. The molecule has 1 aliphatic rings. The molecule has 1 N–H and O–H groups in total. The third kappa shape index (κ3) is 4.50. The number of nitrogens with zero attached hydrogens (tertiary/aromatic N) is 3. The van der Waals surface area contributed by atoms with Crippen LogP contribution in [-0.2, 0) is 0 Å². The second kappa shape index (κ2) is 8.13. The minimum atomic E-state index is -0.299. The lowest BCUT2D eigenvalue weighted by atomic mass is 10.0. The molecule has 1 amide bonds. The zero-order valence-corrected chi connectivity index (χ0v) is 16.9. The standard InChI is InChI=1S/C20H25ClN4O2/c1-12-6-5-7-25(11-12)20-22-14(3)9-17(24-20)19(26)23-16-8-13(2)15(21)10-18(16)27-4/h8-10,12H,5-7,11H2,1-4H3,(H,23,26). The highest BCUT2D eigenvalue weighted by Crippen LogP contribution is 2.31. The molecular formula is C20H25ClN4O2. The SMILES string of the molecule is COc1cc(Cl)c(C)cc1NC(=O)c1cc(C)nc(N2CCCC(C)C2)n1. The first kappa shape index (κ1) is 19.4. The molecule has 1 fully saturated rings. The van der Waals surface area contributed by atoms with E-state index in [1.165, 1.54) is 6.42 Å². The van der Waals surface area contributed by atoms with Crippen LogP contribution in [0.5, 0.6) is 5.75 Å². The van der Waals surface area contributed by atoms with Gasteiger partial charge >= 0.3 is 0 Å². The molecule has 1 atom stereocenters. The highest BCUT2D eigenvalue weighted by Gasteiger charge is 2.21. The Hall–Kier alpha value is -2.34. The van der Waals surface area contributed by atoms with E-state index >= 15 is 0 Å². The molecule has 2 heterocycles. The van der Waals surface area contributed by atoms with Crippen LogP contribution < -0.4 is 15.0 Å². The first-order valence-electron chi connectivity index (χ1n) is 9.13. The number of nitrogens with one attached hydrogen (secondary N) is 1. The molecule has 1 aliphatic heterocycles. The van der Waals surface area contributed by atoms with Gasteiger partial charge in [-0.25, -0.2) is 9.97 Å². The molecule has 1 aromatic carbocycles. The summed E-state index contributed by atoms with van der Waals surface area (Å²) in [4.78, 5) is 24.0. The van der Waals surface area contributed by atoms with Crippen LogP contribution in [0.4, 0.5) is 11.6 Å². The quantitative estimate of drug-likeness (QED) is 0.848. The maximum Gasteiger partial charge on any atom is 0.274 e. The zero-order valence-electron chi connectivity index (χ0n) is 16.2. The van der Waals surface area contributed by atoms with Crippen LogP contribution in [0.25, 0.3) is 0 Å². The Balaban J connectivity index is 1.86. The maximum absolute atomic E-state index is 12.8. The summed E-state index contributed by atoms with van der Waals surface area (Å²) in [5.41, 5.74) is 2.52. The highest BCUT2D eigenvalue weighted by molar-refractivity contribution is 6.31. The number of halogens is 1. The number of ether oxygens (including phenoxy) is 1. The molecule has 0 spiro atoms. The number of carbonyl (C=O) groups is 1. The van der Waals surface area contributed by atoms with Gasteiger partial charge in [0.1, 0.15) is 11.4 Å². The predicted molar refractivity (Wildman–Crippen MR) is 108 cm³/mol. The van der Waals surface area contributed by atoms with Gasteiger partial charge in [0.15, 0.2) is 0 Å². The van der Waals surface area contributed by atoms with Gasteiger partial charge in [-0.3, -0.25) is 4.79 Å². The van der Waals surface area contributed by atoms with Crippen LogP contribution in [0, 0.1) is 19.8 Å². The fourth-order valence-corrected chi connectivity index (χ4v) is 3.45. The number of rotatable bonds is 4. The summed E-state index contributed by atoms with van der Waals surface area (Å²) in [6, 6.07) is 5.18. The maximum atomic E-state index is 12.8. The summed E-state index contributed by atoms with van der Waals surface area (Å²) in [6.07, 6.45) is 2.33. The molecular weight excluding hydrogens is 364 g/mol. The molecule has 0 bridgehead atoms. The molecule has 7 heteroatoms. The minimum absolute atomic E-state index is 0.299. The van der Waals surface area contributed by atoms with Crippen molar-refractivity contribution in [3.63, 3.8) is 0 Å². The molecule has 0 radical (unpaired) electrons. The molecule has 0 aliphatic carbocycles. The van der Waals surface area contributed by atoms with Crippen molar-refractivity contribution in [2.75, 3.05) is 30.4 Å². The molecule has 3 rings (SSSR count). The number of anilines is 2. The number of piperidine rings is 1. The normalized spacial score (nSPS) is 16.9. The third-order valence-electron chi connectivity index (χ3n) is 4.74. The summed E-state index contributed by atoms with van der Waals surface area (Å²) in [6.45, 7) is 7.81. The van der Waals surface area contributed by atoms with E-state index in [1.807, 2.05) is 13.8 Å². The number of aryl methyl sites for hydroxylation is 2. The fourth-order valence-electron chi connectivity index (χ4n) is 3.30. The summed E-state index contributed by atoms with van der Waals surface area (Å²) >= 11 is 6.14. The molecule has 2 aromatic rings. The summed E-state index contributed by atoms with van der Waals surface area (Å²) < 4.78 is 5.33. The van der Waals surface area contributed by atoms with Crippen molar-refractivity contribution in [2.45, 2.75) is 33.6 Å². The smallest absolute Gasteiger partial charge is 0.274 e. The van der Waals surface area contributed by atoms with Crippen LogP contribution in [-0.4, -0.2) is 36.1 Å². The molecule has 0 saturated carbocycles. The second-order valence-electron chi connectivity index (χ2n) is 7.14. The number of benzene rings is 1. The van der Waals surface area contributed by atoms with Crippen LogP contribution in [0.1, 0.15) is 41.5 Å². The van der Waals surface area contributed by atoms with Gasteiger partial charge in [-0.2, -0.15) is 0 Å². The van der Waals surface area contributed by atoms with Crippen molar-refractivity contribution in [3.8, 4) is 5.75 Å². The Kier molecular flexibility index (Phi) is 5.85. The van der Waals surface area contributed by atoms with Gasteiger partial charge < -0.3 is 15.0 Å². The lowest BCUT2D eigenvalue weighted by Gasteiger charge is -2.31. The number of hydrogen-bond acceptors (Lipinski definition) is 5. The monoisotopic (exact) mass is 388 g/mol. The number of hydrogen-bond donors (Lipinski definition) is 1. The molecule has 1 aromatic heterocycles. The Morgan fingerprint density at radius 3 is 2.78 bits per heavy atom. The van der Waals surface area contributed by atoms with Crippen molar-refractivity contribution in [1.29, 1.82) is 0 Å². The molecule has 1 saturated heterocycles. The van der Waals surface area contributed by atoms with E-state index in [0.717, 1.165) is 30.8 Å². The lowest BCUT2D eigenvalue weighted by Crippen LogP contribution is -2.36. The van der Waals surface area contributed by atoms with E-state index in [1.54, 1.807) is 25.3 Å². The van der Waals surface area contributed by atoms with E-state index in [0.29, 0.717) is 34.0 Å². The number of carbonyl (C=O) groups excluding carboxylic acids is 1. The van der Waals surface area contributed by atoms with E-state index in [2.05, 4.69) is 27.1 Å². The van der Waals surface area contributed by atoms with E-state index < -0.39 is 0 Å². The molecule has 27 heavy (non-hydrogen) atoms. The fraction of sp³-hybridized carbons (Fsp3) is 0.450. The average Bonchev–Trinajstić information content (AvgIpc) is 2.64. The number of amides is 1. The van der Waals surface area contributed by atoms with Crippen molar-refractivity contribution < 1.29 is 9.53 Å². The minimum Gasteiger partial charge on any atom is -0.495 e. The second-order valence-corrected chi connectivity index (χ2v) is 7.55. The van der Waals surface area contributed by atoms with Crippen LogP contribution in [0.3, 0.4) is 0 Å². The van der Waals surface area contributed by atoms with Gasteiger partial charge in [-0.1, -0.05) is 18.5 Å². The van der Waals surface area contributed by atoms with Gasteiger partial charge in [0.25, 0.3) is 5.91 Å². The van der Waals surface area contributed by atoms with Crippen molar-refractivity contribution in [2.24, 2.45) is 5.92 Å². The first-order valence-corrected chi connectivity index (χ1v) is 9.51. The van der Waals surface area contributed by atoms with Crippen molar-refractivity contribution in [1.82, 2.24) is 9.97 Å². The first-order chi connectivity index (χ1) is 12.9. The van der Waals surface area contributed by atoms with Gasteiger partial charge in [-0.05, 0) is 50.3 Å². The van der Waals surface area contributed by atoms with E-state index in [4.69, 9.17) is 16.3 Å². The van der Waals surface area contributed by atoms with Crippen LogP contribution in [0.2, 0.25) is 5.02 Å². The topological polar surface area (TPSA) is 67.3 Å². The number of methoxy groups -OCH3 is 1. The van der Waals surface area contributed by atoms with Crippen LogP contribution in [0.15, 0.2) is 18.2 Å². The van der Waals surface area contributed by atoms with E-state index in [9.17, 15) is 4.79 Å². The van der Waals surface area contributed by atoms with Gasteiger partial charge in [-0.15, -0.1) is 0 Å². The van der Waals surface area contributed by atoms with Gasteiger partial charge in [0, 0.05) is 29.9 Å². The van der Waals surface area contributed by atoms with Gasteiger partial charge in [0.05, 0.1) is 12.8 Å². The van der Waals surface area contributed by atoms with Crippen LogP contribution >= 0.6 is 11.6 Å². The van der Waals surface area contributed by atoms with E-state index in [-0.39, 0.29) is 5.91 Å². The Morgan fingerprint density at radius 2 is 2.07 bits per heavy atom. The highest BCUT2D eigenvalue weighted by atomic mass is 35.5. The molecule has 144 valence electrons. The summed E-state index contributed by atoms with van der Waals surface area (Å²) in [5, 5.41) is 3.47. The Labute approximate surface area is 164 Å². The van der Waals surface area contributed by atoms with Crippen molar-refractivity contribution in [3.05, 3.63) is 40.2 Å². The molecule has 6 nitrogen and oxygen atoms in total. The van der Waals surface area contributed by atoms with Gasteiger partial charge in [0.2, 0.25) is 5.95 Å². The van der Waals surface area contributed by atoms with Crippen molar-refractivity contribution >= 4 is 29.1 Å². The Bertz CT molecular complexity index is 856. The zero-order chi connectivity index (χ0) is 19.6.